The van der Waals surface area contributed by atoms with Gasteiger partial charge in [-0.2, -0.15) is 4.31 Å². The molecule has 0 N–H and O–H groups in total. The average Bonchev–Trinajstić information content (AvgIpc) is 2.33. The zero-order valence-electron chi connectivity index (χ0n) is 9.30. The van der Waals surface area contributed by atoms with Crippen LogP contribution in [0.5, 0.6) is 0 Å². The third-order valence-corrected chi connectivity index (χ3v) is 4.73. The van der Waals surface area contributed by atoms with Crippen LogP contribution in [-0.4, -0.2) is 39.0 Å². The SMILES string of the molecule is O=S(=O)(Cc1ccc(Cl)cc1)N1CCOCC1. The predicted octanol–water partition coefficient (Wildman–Crippen LogP) is 1.50. The summed E-state index contributed by atoms with van der Waals surface area (Å²) in [6, 6.07) is 6.87. The van der Waals surface area contributed by atoms with E-state index in [1.165, 1.54) is 4.31 Å². The van der Waals surface area contributed by atoms with Crippen molar-refractivity contribution in [2.24, 2.45) is 0 Å². The van der Waals surface area contributed by atoms with E-state index in [2.05, 4.69) is 0 Å². The molecule has 17 heavy (non-hydrogen) atoms. The van der Waals surface area contributed by atoms with Gasteiger partial charge in [0.25, 0.3) is 0 Å². The van der Waals surface area contributed by atoms with Crippen molar-refractivity contribution in [2.45, 2.75) is 5.75 Å². The van der Waals surface area contributed by atoms with Crippen molar-refractivity contribution in [1.29, 1.82) is 0 Å². The summed E-state index contributed by atoms with van der Waals surface area (Å²) < 4.78 is 30.8. The van der Waals surface area contributed by atoms with Crippen LogP contribution in [0.25, 0.3) is 0 Å². The molecule has 1 aliphatic rings. The first-order valence-electron chi connectivity index (χ1n) is 5.38. The molecule has 4 nitrogen and oxygen atoms in total. The van der Waals surface area contributed by atoms with Crippen LogP contribution < -0.4 is 0 Å². The number of benzene rings is 1. The minimum atomic E-state index is -3.24. The Morgan fingerprint density at radius 2 is 1.76 bits per heavy atom. The minimum Gasteiger partial charge on any atom is -0.379 e. The van der Waals surface area contributed by atoms with Gasteiger partial charge in [0.1, 0.15) is 0 Å². The maximum absolute atomic E-state index is 12.1. The first kappa shape index (κ1) is 12.8. The second kappa shape index (κ2) is 5.35. The van der Waals surface area contributed by atoms with Crippen molar-refractivity contribution >= 4 is 21.6 Å². The van der Waals surface area contributed by atoms with E-state index in [1.54, 1.807) is 24.3 Å². The zero-order chi connectivity index (χ0) is 12.3. The number of ether oxygens (including phenoxy) is 1. The van der Waals surface area contributed by atoms with Gasteiger partial charge in [-0.1, -0.05) is 23.7 Å². The third kappa shape index (κ3) is 3.42. The number of nitrogens with zero attached hydrogens (tertiary/aromatic N) is 1. The van der Waals surface area contributed by atoms with Crippen molar-refractivity contribution in [3.63, 3.8) is 0 Å². The molecule has 1 fully saturated rings. The van der Waals surface area contributed by atoms with E-state index in [0.717, 1.165) is 5.56 Å². The molecule has 1 aromatic carbocycles. The Kier molecular flexibility index (Phi) is 4.04. The summed E-state index contributed by atoms with van der Waals surface area (Å²) in [7, 11) is -3.24. The van der Waals surface area contributed by atoms with E-state index in [9.17, 15) is 8.42 Å². The molecule has 1 heterocycles. The lowest BCUT2D eigenvalue weighted by Gasteiger charge is -2.26. The molecule has 0 atom stereocenters. The van der Waals surface area contributed by atoms with Gasteiger partial charge in [0.2, 0.25) is 10.0 Å². The highest BCUT2D eigenvalue weighted by Gasteiger charge is 2.24. The van der Waals surface area contributed by atoms with Crippen molar-refractivity contribution in [3.8, 4) is 0 Å². The van der Waals surface area contributed by atoms with Crippen LogP contribution in [-0.2, 0) is 20.5 Å². The highest BCUT2D eigenvalue weighted by molar-refractivity contribution is 7.88. The Morgan fingerprint density at radius 3 is 2.35 bits per heavy atom. The van der Waals surface area contributed by atoms with Crippen LogP contribution in [0.4, 0.5) is 0 Å². The number of sulfonamides is 1. The summed E-state index contributed by atoms with van der Waals surface area (Å²) in [4.78, 5) is 0. The lowest BCUT2D eigenvalue weighted by molar-refractivity contribution is 0.0729. The first-order valence-corrected chi connectivity index (χ1v) is 7.37. The summed E-state index contributed by atoms with van der Waals surface area (Å²) in [6.45, 7) is 1.82. The normalized spacial score (nSPS) is 18.2. The van der Waals surface area contributed by atoms with Gasteiger partial charge in [-0.25, -0.2) is 8.42 Å². The van der Waals surface area contributed by atoms with Gasteiger partial charge in [-0.3, -0.25) is 0 Å². The Bertz CT molecular complexity index is 466. The lowest BCUT2D eigenvalue weighted by Crippen LogP contribution is -2.41. The van der Waals surface area contributed by atoms with E-state index >= 15 is 0 Å². The molecule has 1 aromatic rings. The van der Waals surface area contributed by atoms with Crippen molar-refractivity contribution in [1.82, 2.24) is 4.31 Å². The molecule has 1 saturated heterocycles. The van der Waals surface area contributed by atoms with Gasteiger partial charge in [0.15, 0.2) is 0 Å². The zero-order valence-corrected chi connectivity index (χ0v) is 10.9. The van der Waals surface area contributed by atoms with Crippen LogP contribution in [0.3, 0.4) is 0 Å². The van der Waals surface area contributed by atoms with E-state index in [0.29, 0.717) is 31.3 Å². The summed E-state index contributed by atoms with van der Waals surface area (Å²) >= 11 is 5.76. The van der Waals surface area contributed by atoms with Gasteiger partial charge >= 0.3 is 0 Å². The topological polar surface area (TPSA) is 46.6 Å². The molecule has 0 radical (unpaired) electrons. The number of morpholine rings is 1. The molecule has 0 amide bonds. The average molecular weight is 276 g/mol. The monoisotopic (exact) mass is 275 g/mol. The van der Waals surface area contributed by atoms with Gasteiger partial charge in [-0.05, 0) is 17.7 Å². The van der Waals surface area contributed by atoms with Crippen LogP contribution in [0.1, 0.15) is 5.56 Å². The van der Waals surface area contributed by atoms with Gasteiger partial charge in [0.05, 0.1) is 19.0 Å². The summed E-state index contributed by atoms with van der Waals surface area (Å²) in [6.07, 6.45) is 0. The Hall–Kier alpha value is -0.620. The number of rotatable bonds is 3. The van der Waals surface area contributed by atoms with Gasteiger partial charge in [0, 0.05) is 18.1 Å². The highest BCUT2D eigenvalue weighted by atomic mass is 35.5. The van der Waals surface area contributed by atoms with Gasteiger partial charge < -0.3 is 4.74 Å². The fourth-order valence-electron chi connectivity index (χ4n) is 1.71. The quantitative estimate of drug-likeness (QED) is 0.840. The maximum Gasteiger partial charge on any atom is 0.218 e. The largest absolute Gasteiger partial charge is 0.379 e. The van der Waals surface area contributed by atoms with E-state index < -0.39 is 10.0 Å². The second-order valence-corrected chi connectivity index (χ2v) is 6.30. The molecular formula is C11H14ClNO3S. The molecule has 6 heteroatoms. The van der Waals surface area contributed by atoms with E-state index in [1.807, 2.05) is 0 Å². The summed E-state index contributed by atoms with van der Waals surface area (Å²) in [5, 5.41) is 0.609. The van der Waals surface area contributed by atoms with Crippen molar-refractivity contribution < 1.29 is 13.2 Å². The van der Waals surface area contributed by atoms with E-state index in [4.69, 9.17) is 16.3 Å². The predicted molar refractivity (Wildman–Crippen MR) is 66.5 cm³/mol. The number of hydrogen-bond donors (Lipinski definition) is 0. The standard InChI is InChI=1S/C11H14ClNO3S/c12-11-3-1-10(2-4-11)9-17(14,15)13-5-7-16-8-6-13/h1-4H,5-9H2. The highest BCUT2D eigenvalue weighted by Crippen LogP contribution is 2.15. The van der Waals surface area contributed by atoms with Crippen molar-refractivity contribution in [3.05, 3.63) is 34.9 Å². The smallest absolute Gasteiger partial charge is 0.218 e. The number of halogens is 1. The number of hydrogen-bond acceptors (Lipinski definition) is 3. The third-order valence-electron chi connectivity index (χ3n) is 2.63. The second-order valence-electron chi connectivity index (χ2n) is 3.89. The van der Waals surface area contributed by atoms with Crippen LogP contribution >= 0.6 is 11.6 Å². The fraction of sp³-hybridized carbons (Fsp3) is 0.455. The van der Waals surface area contributed by atoms with Gasteiger partial charge in [-0.15, -0.1) is 0 Å². The molecular weight excluding hydrogens is 262 g/mol. The lowest BCUT2D eigenvalue weighted by atomic mass is 10.2. The molecule has 1 aliphatic heterocycles. The summed E-state index contributed by atoms with van der Waals surface area (Å²) in [5.41, 5.74) is 0.751. The fourth-order valence-corrected chi connectivity index (χ4v) is 3.33. The Morgan fingerprint density at radius 1 is 1.18 bits per heavy atom. The molecule has 94 valence electrons. The molecule has 2 rings (SSSR count). The van der Waals surface area contributed by atoms with E-state index in [-0.39, 0.29) is 5.75 Å². The van der Waals surface area contributed by atoms with Crippen LogP contribution in [0, 0.1) is 0 Å². The summed E-state index contributed by atoms with van der Waals surface area (Å²) in [5.74, 6) is 0.0180. The van der Waals surface area contributed by atoms with Crippen LogP contribution in [0.2, 0.25) is 5.02 Å². The molecule has 0 spiro atoms. The Balaban J connectivity index is 2.08. The first-order chi connectivity index (χ1) is 8.08. The van der Waals surface area contributed by atoms with Crippen molar-refractivity contribution in [2.75, 3.05) is 26.3 Å². The molecule has 0 bridgehead atoms. The molecule has 0 saturated carbocycles. The molecule has 0 unspecified atom stereocenters. The molecule has 0 aliphatic carbocycles. The Labute approximate surface area is 106 Å². The minimum absolute atomic E-state index is 0.0180. The maximum atomic E-state index is 12.1. The van der Waals surface area contributed by atoms with Crippen LogP contribution in [0.15, 0.2) is 24.3 Å². The molecule has 0 aromatic heterocycles.